The maximum Gasteiger partial charge on any atom is 0.168 e. The van der Waals surface area contributed by atoms with Crippen molar-refractivity contribution in [2.24, 2.45) is 0 Å². The van der Waals surface area contributed by atoms with Gasteiger partial charge in [0.05, 0.1) is 12.6 Å². The summed E-state index contributed by atoms with van der Waals surface area (Å²) in [4.78, 5) is 0. The summed E-state index contributed by atoms with van der Waals surface area (Å²) in [5, 5.41) is 14.9. The van der Waals surface area contributed by atoms with Gasteiger partial charge in [0, 0.05) is 4.47 Å². The van der Waals surface area contributed by atoms with Gasteiger partial charge in [0.2, 0.25) is 0 Å². The van der Waals surface area contributed by atoms with Crippen LogP contribution < -0.4 is 5.32 Å². The summed E-state index contributed by atoms with van der Waals surface area (Å²) in [6, 6.07) is 8.28. The SMILES string of the molecule is CNC(C)c1nnnn1Cc1ccc(Br)cc1. The number of hydrogen-bond donors (Lipinski definition) is 1. The second-order valence-electron chi connectivity index (χ2n) is 3.83. The van der Waals surface area contributed by atoms with Gasteiger partial charge in [0.25, 0.3) is 0 Å². The molecular weight excluding hydrogens is 282 g/mol. The normalized spacial score (nSPS) is 12.6. The summed E-state index contributed by atoms with van der Waals surface area (Å²) in [5.41, 5.74) is 1.17. The maximum absolute atomic E-state index is 4.03. The van der Waals surface area contributed by atoms with E-state index < -0.39 is 0 Å². The average molecular weight is 296 g/mol. The average Bonchev–Trinajstić information content (AvgIpc) is 2.79. The van der Waals surface area contributed by atoms with Crippen LogP contribution in [0.1, 0.15) is 24.4 Å². The Morgan fingerprint density at radius 1 is 1.35 bits per heavy atom. The fourth-order valence-corrected chi connectivity index (χ4v) is 1.79. The summed E-state index contributed by atoms with van der Waals surface area (Å²) < 4.78 is 2.88. The van der Waals surface area contributed by atoms with Crippen molar-refractivity contribution in [2.75, 3.05) is 7.05 Å². The summed E-state index contributed by atoms with van der Waals surface area (Å²) in [5.74, 6) is 0.843. The van der Waals surface area contributed by atoms with Gasteiger partial charge in [-0.05, 0) is 42.1 Å². The number of tetrazole rings is 1. The van der Waals surface area contributed by atoms with E-state index in [9.17, 15) is 0 Å². The highest BCUT2D eigenvalue weighted by Crippen LogP contribution is 2.13. The van der Waals surface area contributed by atoms with E-state index in [2.05, 4.69) is 48.9 Å². The van der Waals surface area contributed by atoms with E-state index in [0.717, 1.165) is 10.3 Å². The molecule has 0 bridgehead atoms. The third-order valence-corrected chi connectivity index (χ3v) is 3.15. The van der Waals surface area contributed by atoms with Crippen LogP contribution in [-0.4, -0.2) is 27.3 Å². The van der Waals surface area contributed by atoms with Gasteiger partial charge in [-0.1, -0.05) is 28.1 Å². The predicted molar refractivity (Wildman–Crippen MR) is 68.5 cm³/mol. The van der Waals surface area contributed by atoms with Crippen LogP contribution in [0.3, 0.4) is 0 Å². The third-order valence-electron chi connectivity index (χ3n) is 2.63. The highest BCUT2D eigenvalue weighted by Gasteiger charge is 2.12. The molecule has 17 heavy (non-hydrogen) atoms. The van der Waals surface area contributed by atoms with Crippen LogP contribution >= 0.6 is 15.9 Å². The lowest BCUT2D eigenvalue weighted by atomic mass is 10.2. The molecule has 0 aliphatic rings. The molecule has 0 spiro atoms. The first kappa shape index (κ1) is 12.2. The smallest absolute Gasteiger partial charge is 0.168 e. The Morgan fingerprint density at radius 2 is 2.06 bits per heavy atom. The van der Waals surface area contributed by atoms with Crippen LogP contribution in [0.25, 0.3) is 0 Å². The largest absolute Gasteiger partial charge is 0.311 e. The molecular formula is C11H14BrN5. The van der Waals surface area contributed by atoms with E-state index in [4.69, 9.17) is 0 Å². The van der Waals surface area contributed by atoms with Crippen molar-refractivity contribution in [3.8, 4) is 0 Å². The van der Waals surface area contributed by atoms with Crippen molar-refractivity contribution in [3.63, 3.8) is 0 Å². The zero-order chi connectivity index (χ0) is 12.3. The van der Waals surface area contributed by atoms with Crippen molar-refractivity contribution in [2.45, 2.75) is 19.5 Å². The van der Waals surface area contributed by atoms with Gasteiger partial charge in [0.1, 0.15) is 0 Å². The van der Waals surface area contributed by atoms with Crippen molar-refractivity contribution < 1.29 is 0 Å². The molecule has 90 valence electrons. The zero-order valence-corrected chi connectivity index (χ0v) is 11.3. The molecule has 0 fully saturated rings. The van der Waals surface area contributed by atoms with Gasteiger partial charge in [-0.15, -0.1) is 5.10 Å². The molecule has 0 aliphatic heterocycles. The number of hydrogen-bond acceptors (Lipinski definition) is 4. The molecule has 1 aromatic carbocycles. The van der Waals surface area contributed by atoms with Gasteiger partial charge >= 0.3 is 0 Å². The van der Waals surface area contributed by atoms with Crippen molar-refractivity contribution >= 4 is 15.9 Å². The summed E-state index contributed by atoms with van der Waals surface area (Å²) in [6.07, 6.45) is 0. The third kappa shape index (κ3) is 2.89. The lowest BCUT2D eigenvalue weighted by Crippen LogP contribution is -2.19. The quantitative estimate of drug-likeness (QED) is 0.934. The van der Waals surface area contributed by atoms with Crippen LogP contribution in [0.5, 0.6) is 0 Å². The standard InChI is InChI=1S/C11H14BrN5/c1-8(13-2)11-14-15-16-17(11)7-9-3-5-10(12)6-4-9/h3-6,8,13H,7H2,1-2H3. The summed E-state index contributed by atoms with van der Waals surface area (Å²) in [7, 11) is 1.89. The van der Waals surface area contributed by atoms with Crippen LogP contribution in [0.2, 0.25) is 0 Å². The van der Waals surface area contributed by atoms with Crippen molar-refractivity contribution in [3.05, 3.63) is 40.1 Å². The molecule has 6 heteroatoms. The second kappa shape index (κ2) is 5.37. The Bertz CT molecular complexity index is 479. The molecule has 1 aromatic heterocycles. The Kier molecular flexibility index (Phi) is 3.86. The monoisotopic (exact) mass is 295 g/mol. The van der Waals surface area contributed by atoms with E-state index in [1.54, 1.807) is 0 Å². The van der Waals surface area contributed by atoms with Crippen LogP contribution in [0.15, 0.2) is 28.7 Å². The lowest BCUT2D eigenvalue weighted by molar-refractivity contribution is 0.540. The minimum absolute atomic E-state index is 0.139. The molecule has 0 amide bonds. The highest BCUT2D eigenvalue weighted by molar-refractivity contribution is 9.10. The van der Waals surface area contributed by atoms with E-state index in [1.807, 2.05) is 30.8 Å². The van der Waals surface area contributed by atoms with Gasteiger partial charge < -0.3 is 5.32 Å². The molecule has 1 heterocycles. The first-order chi connectivity index (χ1) is 8.20. The van der Waals surface area contributed by atoms with Gasteiger partial charge in [-0.25, -0.2) is 4.68 Å². The van der Waals surface area contributed by atoms with Crippen molar-refractivity contribution in [1.29, 1.82) is 0 Å². The highest BCUT2D eigenvalue weighted by atomic mass is 79.9. The Morgan fingerprint density at radius 3 is 2.71 bits per heavy atom. The first-order valence-electron chi connectivity index (χ1n) is 5.38. The summed E-state index contributed by atoms with van der Waals surface area (Å²) in [6.45, 7) is 2.71. The summed E-state index contributed by atoms with van der Waals surface area (Å²) >= 11 is 3.42. The second-order valence-corrected chi connectivity index (χ2v) is 4.75. The van der Waals surface area contributed by atoms with Crippen LogP contribution in [-0.2, 0) is 6.54 Å². The number of aromatic nitrogens is 4. The molecule has 5 nitrogen and oxygen atoms in total. The molecule has 1 unspecified atom stereocenters. The molecule has 0 saturated carbocycles. The number of benzene rings is 1. The molecule has 1 N–H and O–H groups in total. The topological polar surface area (TPSA) is 55.6 Å². The van der Waals surface area contributed by atoms with E-state index in [0.29, 0.717) is 6.54 Å². The zero-order valence-electron chi connectivity index (χ0n) is 9.76. The number of nitrogens with zero attached hydrogens (tertiary/aromatic N) is 4. The predicted octanol–water partition coefficient (Wildman–Crippen LogP) is 1.76. The van der Waals surface area contributed by atoms with E-state index in [-0.39, 0.29) is 6.04 Å². The number of halogens is 1. The molecule has 0 saturated heterocycles. The van der Waals surface area contributed by atoms with Crippen LogP contribution in [0, 0.1) is 0 Å². The van der Waals surface area contributed by atoms with Gasteiger partial charge in [0.15, 0.2) is 5.82 Å². The van der Waals surface area contributed by atoms with Crippen LogP contribution in [0.4, 0.5) is 0 Å². The molecule has 2 aromatic rings. The van der Waals surface area contributed by atoms with Gasteiger partial charge in [-0.2, -0.15) is 0 Å². The Balaban J connectivity index is 2.18. The minimum atomic E-state index is 0.139. The minimum Gasteiger partial charge on any atom is -0.311 e. The maximum atomic E-state index is 4.03. The fourth-order valence-electron chi connectivity index (χ4n) is 1.53. The molecule has 0 radical (unpaired) electrons. The molecule has 0 aliphatic carbocycles. The molecule has 2 rings (SSSR count). The van der Waals surface area contributed by atoms with Gasteiger partial charge in [-0.3, -0.25) is 0 Å². The number of nitrogens with one attached hydrogen (secondary N) is 1. The molecule has 1 atom stereocenters. The first-order valence-corrected chi connectivity index (χ1v) is 6.18. The fraction of sp³-hybridized carbons (Fsp3) is 0.364. The Hall–Kier alpha value is -1.27. The lowest BCUT2D eigenvalue weighted by Gasteiger charge is -2.10. The van der Waals surface area contributed by atoms with E-state index in [1.165, 1.54) is 5.56 Å². The Labute approximate surface area is 108 Å². The number of rotatable bonds is 4. The van der Waals surface area contributed by atoms with E-state index >= 15 is 0 Å². The van der Waals surface area contributed by atoms with Crippen molar-refractivity contribution in [1.82, 2.24) is 25.5 Å².